The normalized spacial score (nSPS) is 9.00. The number of hydrogen-bond acceptors (Lipinski definition) is 4. The third kappa shape index (κ3) is 8.64. The average molecular weight is 192 g/mol. The highest BCUT2D eigenvalue weighted by Crippen LogP contribution is 1.89. The fourth-order valence-corrected chi connectivity index (χ4v) is 0.392. The minimum atomic E-state index is -0.620. The van der Waals surface area contributed by atoms with E-state index in [4.69, 9.17) is 10.3 Å². The van der Waals surface area contributed by atoms with Crippen molar-refractivity contribution in [3.8, 4) is 0 Å². The van der Waals surface area contributed by atoms with Gasteiger partial charge in [-0.2, -0.15) is 0 Å². The number of amides is 2. The smallest absolute Gasteiger partial charge is 0.347 e. The van der Waals surface area contributed by atoms with E-state index in [1.165, 1.54) is 14.1 Å². The molecule has 0 aromatic carbocycles. The molecule has 78 valence electrons. The van der Waals surface area contributed by atoms with Gasteiger partial charge in [0.15, 0.2) is 0 Å². The maximum absolute atomic E-state index is 10.7. The van der Waals surface area contributed by atoms with Crippen LogP contribution < -0.4 is 0 Å². The zero-order valence-corrected chi connectivity index (χ0v) is 8.26. The number of ether oxygens (including phenoxy) is 1. The molecule has 2 amide bonds. The van der Waals surface area contributed by atoms with E-state index in [2.05, 4.69) is 4.74 Å². The number of urea groups is 1. The number of methoxy groups -OCH3 is 1. The van der Waals surface area contributed by atoms with Crippen molar-refractivity contribution >= 4 is 6.03 Å². The summed E-state index contributed by atoms with van der Waals surface area (Å²) in [7, 11) is 5.85. The van der Waals surface area contributed by atoms with Gasteiger partial charge in [-0.1, -0.05) is 0 Å². The van der Waals surface area contributed by atoms with Crippen molar-refractivity contribution in [3.63, 3.8) is 0 Å². The molecule has 0 radical (unpaired) electrons. The first-order chi connectivity index (χ1) is 6.01. The van der Waals surface area contributed by atoms with E-state index in [1.54, 1.807) is 14.2 Å². The number of hydrogen-bond donors (Lipinski definition) is 2. The molecule has 0 spiro atoms. The van der Waals surface area contributed by atoms with Crippen LogP contribution in [0.2, 0.25) is 0 Å². The molecule has 0 aliphatic heterocycles. The molecule has 0 saturated carbocycles. The number of carbonyl (C=O) groups is 1. The number of aliphatic hydroxyl groups excluding tert-OH is 1. The van der Waals surface area contributed by atoms with Crippen LogP contribution in [0.1, 0.15) is 0 Å². The van der Waals surface area contributed by atoms with Gasteiger partial charge in [0.25, 0.3) is 0 Å². The molecule has 0 aromatic heterocycles. The lowest BCUT2D eigenvalue weighted by Crippen LogP contribution is -2.33. The quantitative estimate of drug-likeness (QED) is 0.363. The lowest BCUT2D eigenvalue weighted by molar-refractivity contribution is -0.0272. The molecule has 6 heteroatoms. The minimum absolute atomic E-state index is 0.417. The summed E-state index contributed by atoms with van der Waals surface area (Å²) in [5.74, 6) is 0. The maximum Gasteiger partial charge on any atom is 0.347 e. The third-order valence-electron chi connectivity index (χ3n) is 0.869. The minimum Gasteiger partial charge on any atom is -0.514 e. The first kappa shape index (κ1) is 14.3. The Balaban J connectivity index is 0. The van der Waals surface area contributed by atoms with E-state index in [9.17, 15) is 4.79 Å². The number of nitrogens with zero attached hydrogens (tertiary/aromatic N) is 2. The molecule has 0 heterocycles. The van der Waals surface area contributed by atoms with Crippen molar-refractivity contribution in [2.75, 3.05) is 28.3 Å². The zero-order valence-electron chi connectivity index (χ0n) is 8.26. The highest BCUT2D eigenvalue weighted by Gasteiger charge is 2.07. The Kier molecular flexibility index (Phi) is 9.68. The monoisotopic (exact) mass is 192 g/mol. The van der Waals surface area contributed by atoms with Crippen molar-refractivity contribution < 1.29 is 19.8 Å². The van der Waals surface area contributed by atoms with E-state index in [0.717, 1.165) is 11.1 Å². The van der Waals surface area contributed by atoms with Crippen molar-refractivity contribution in [3.05, 3.63) is 12.5 Å². The predicted molar refractivity (Wildman–Crippen MR) is 47.4 cm³/mol. The second-order valence-electron chi connectivity index (χ2n) is 2.12. The molecule has 0 rings (SSSR count). The van der Waals surface area contributed by atoms with Crippen LogP contribution in [0.3, 0.4) is 0 Å². The summed E-state index contributed by atoms with van der Waals surface area (Å²) >= 11 is 0. The Labute approximate surface area is 77.6 Å². The molecule has 2 N–H and O–H groups in total. The van der Waals surface area contributed by atoms with Gasteiger partial charge in [-0.3, -0.25) is 10.1 Å². The molecular weight excluding hydrogens is 176 g/mol. The predicted octanol–water partition coefficient (Wildman–Crippen LogP) is 0.651. The maximum atomic E-state index is 10.7. The van der Waals surface area contributed by atoms with Crippen LogP contribution in [0.5, 0.6) is 0 Å². The Morgan fingerprint density at radius 1 is 1.38 bits per heavy atom. The van der Waals surface area contributed by atoms with Gasteiger partial charge >= 0.3 is 6.03 Å². The topological polar surface area (TPSA) is 73.2 Å². The summed E-state index contributed by atoms with van der Waals surface area (Å²) < 4.78 is 4.25. The second-order valence-corrected chi connectivity index (χ2v) is 2.12. The SMILES string of the molecule is CN(O)C(=O)N(C)C=CO.COC. The summed E-state index contributed by atoms with van der Waals surface area (Å²) in [5, 5.41) is 17.2. The average Bonchev–Trinajstić information content (AvgIpc) is 2.04. The van der Waals surface area contributed by atoms with Gasteiger partial charge in [-0.25, -0.2) is 9.86 Å². The van der Waals surface area contributed by atoms with Crippen LogP contribution in [-0.4, -0.2) is 54.6 Å². The van der Waals surface area contributed by atoms with Crippen LogP contribution in [-0.2, 0) is 4.74 Å². The third-order valence-corrected chi connectivity index (χ3v) is 0.869. The number of rotatable bonds is 1. The van der Waals surface area contributed by atoms with E-state index in [0.29, 0.717) is 11.3 Å². The first-order valence-corrected chi connectivity index (χ1v) is 3.41. The lowest BCUT2D eigenvalue weighted by atomic mass is 10.7. The molecular formula is C7H16N2O4. The second kappa shape index (κ2) is 8.82. The van der Waals surface area contributed by atoms with Gasteiger partial charge in [0.05, 0.1) is 6.26 Å². The summed E-state index contributed by atoms with van der Waals surface area (Å²) in [4.78, 5) is 11.7. The molecule has 0 saturated heterocycles. The molecule has 0 fully saturated rings. The van der Waals surface area contributed by atoms with Crippen molar-refractivity contribution in [2.24, 2.45) is 0 Å². The van der Waals surface area contributed by atoms with E-state index >= 15 is 0 Å². The van der Waals surface area contributed by atoms with E-state index in [1.807, 2.05) is 0 Å². The molecule has 0 aliphatic rings. The number of hydroxylamine groups is 2. The van der Waals surface area contributed by atoms with Crippen LogP contribution >= 0.6 is 0 Å². The van der Waals surface area contributed by atoms with Crippen molar-refractivity contribution in [1.82, 2.24) is 9.96 Å². The van der Waals surface area contributed by atoms with Crippen molar-refractivity contribution in [1.29, 1.82) is 0 Å². The summed E-state index contributed by atoms with van der Waals surface area (Å²) in [6.45, 7) is 0. The van der Waals surface area contributed by atoms with Gasteiger partial charge in [0.1, 0.15) is 0 Å². The Bertz CT molecular complexity index is 159. The molecule has 0 aliphatic carbocycles. The van der Waals surface area contributed by atoms with Crippen LogP contribution in [0, 0.1) is 0 Å². The summed E-state index contributed by atoms with van der Waals surface area (Å²) in [6, 6.07) is -0.620. The van der Waals surface area contributed by atoms with Crippen LogP contribution in [0.4, 0.5) is 4.79 Å². The zero-order chi connectivity index (χ0) is 10.9. The van der Waals surface area contributed by atoms with E-state index < -0.39 is 6.03 Å². The first-order valence-electron chi connectivity index (χ1n) is 3.41. The fourth-order valence-electron chi connectivity index (χ4n) is 0.392. The highest BCUT2D eigenvalue weighted by atomic mass is 16.5. The Morgan fingerprint density at radius 3 is 2.00 bits per heavy atom. The largest absolute Gasteiger partial charge is 0.514 e. The van der Waals surface area contributed by atoms with E-state index in [-0.39, 0.29) is 0 Å². The number of aliphatic hydroxyl groups is 1. The molecule has 0 unspecified atom stereocenters. The van der Waals surface area contributed by atoms with Crippen molar-refractivity contribution in [2.45, 2.75) is 0 Å². The summed E-state index contributed by atoms with van der Waals surface area (Å²) in [6.07, 6.45) is 1.83. The van der Waals surface area contributed by atoms with Gasteiger partial charge in [-0.15, -0.1) is 0 Å². The van der Waals surface area contributed by atoms with Gasteiger partial charge in [0.2, 0.25) is 0 Å². The standard InChI is InChI=1S/C5H10N2O3.C2H6O/c1-6(3-4-8)5(9)7(2)10;1-3-2/h3-4,8,10H,1-2H3;1-2H3. The van der Waals surface area contributed by atoms with Gasteiger partial charge in [-0.05, 0) is 0 Å². The Hall–Kier alpha value is -1.27. The summed E-state index contributed by atoms with van der Waals surface area (Å²) in [5.41, 5.74) is 0. The van der Waals surface area contributed by atoms with Crippen LogP contribution in [0.15, 0.2) is 12.5 Å². The van der Waals surface area contributed by atoms with Crippen LogP contribution in [0.25, 0.3) is 0 Å². The number of carbonyl (C=O) groups excluding carboxylic acids is 1. The molecule has 6 nitrogen and oxygen atoms in total. The molecule has 0 aromatic rings. The van der Waals surface area contributed by atoms with Gasteiger partial charge in [0, 0.05) is 34.5 Å². The Morgan fingerprint density at radius 2 is 1.77 bits per heavy atom. The fraction of sp³-hybridized carbons (Fsp3) is 0.571. The molecule has 0 bridgehead atoms. The van der Waals surface area contributed by atoms with Gasteiger partial charge < -0.3 is 9.84 Å². The molecule has 13 heavy (non-hydrogen) atoms. The lowest BCUT2D eigenvalue weighted by Gasteiger charge is -2.15. The molecule has 0 atom stereocenters. The highest BCUT2D eigenvalue weighted by molar-refractivity contribution is 5.73.